The average Bonchev–Trinajstić information content (AvgIpc) is 1.63. The van der Waals surface area contributed by atoms with E-state index in [9.17, 15) is 14.4 Å². The topological polar surface area (TPSA) is 71.4 Å². The van der Waals surface area contributed by atoms with Crippen LogP contribution in [0.4, 0.5) is 0 Å². The van der Waals surface area contributed by atoms with Crippen LogP contribution in [0.1, 0.15) is 20.8 Å². The van der Waals surface area contributed by atoms with E-state index in [0.29, 0.717) is 0 Å². The van der Waals surface area contributed by atoms with Gasteiger partial charge in [0, 0.05) is 6.92 Å². The minimum atomic E-state index is -1.38. The number of carboxylic acids is 1. The predicted molar refractivity (Wildman–Crippen MR) is 34.7 cm³/mol. The van der Waals surface area contributed by atoms with Crippen LogP contribution in [-0.4, -0.2) is 22.6 Å². The van der Waals surface area contributed by atoms with Crippen molar-refractivity contribution < 1.29 is 19.5 Å². The maximum atomic E-state index is 9.54. The summed E-state index contributed by atoms with van der Waals surface area (Å²) in [6, 6.07) is 0. The van der Waals surface area contributed by atoms with E-state index in [1.165, 1.54) is 13.8 Å². The first-order chi connectivity index (χ1) is 4.37. The van der Waals surface area contributed by atoms with Gasteiger partial charge in [-0.2, -0.15) is 0 Å². The van der Waals surface area contributed by atoms with Crippen LogP contribution in [0.3, 0.4) is 0 Å². The Hall–Kier alpha value is -1.19. The van der Waals surface area contributed by atoms with Gasteiger partial charge in [0.1, 0.15) is 5.78 Å². The van der Waals surface area contributed by atoms with Gasteiger partial charge < -0.3 is 9.90 Å². The summed E-state index contributed by atoms with van der Waals surface area (Å²) < 4.78 is 0. The third-order valence-corrected chi connectivity index (χ3v) is 0.301. The smallest absolute Gasteiger partial charge is 0.371 e. The van der Waals surface area contributed by atoms with Gasteiger partial charge in [-0.15, -0.1) is 0 Å². The summed E-state index contributed by atoms with van der Waals surface area (Å²) in [5, 5.41) is 7.64. The summed E-state index contributed by atoms with van der Waals surface area (Å²) in [7, 11) is 0. The molecule has 0 spiro atoms. The summed E-state index contributed by atoms with van der Waals surface area (Å²) in [5.41, 5.74) is 0. The molecule has 0 aromatic heterocycles. The monoisotopic (exact) mass is 146 g/mol. The van der Waals surface area contributed by atoms with Crippen LogP contribution >= 0.6 is 0 Å². The zero-order chi connectivity index (χ0) is 8.73. The van der Waals surface area contributed by atoms with Crippen LogP contribution in [-0.2, 0) is 14.4 Å². The van der Waals surface area contributed by atoms with Gasteiger partial charge in [0.25, 0.3) is 0 Å². The highest BCUT2D eigenvalue weighted by atomic mass is 16.4. The molecule has 0 aliphatic heterocycles. The number of rotatable bonds is 1. The molecule has 0 rings (SSSR count). The number of ketones is 2. The number of carbonyl (C=O) groups is 3. The zero-order valence-corrected chi connectivity index (χ0v) is 6.17. The van der Waals surface area contributed by atoms with Crippen molar-refractivity contribution in [2.75, 3.05) is 0 Å². The van der Waals surface area contributed by atoms with E-state index in [-0.39, 0.29) is 5.78 Å². The molecule has 0 fully saturated rings. The van der Waals surface area contributed by atoms with Gasteiger partial charge in [-0.05, 0) is 13.8 Å². The van der Waals surface area contributed by atoms with Crippen LogP contribution < -0.4 is 0 Å². The third kappa shape index (κ3) is 29.1. The first kappa shape index (κ1) is 11.6. The zero-order valence-electron chi connectivity index (χ0n) is 6.17. The minimum Gasteiger partial charge on any atom is -0.476 e. The number of Topliss-reactive ketones (excluding diaryl/α,β-unsaturated/α-hetero) is 2. The Balaban J connectivity index is 0. The fourth-order valence-electron chi connectivity index (χ4n) is 0. The van der Waals surface area contributed by atoms with Crippen molar-refractivity contribution in [3.05, 3.63) is 0 Å². The Morgan fingerprint density at radius 1 is 1.00 bits per heavy atom. The second-order valence-electron chi connectivity index (χ2n) is 1.77. The molecule has 0 aliphatic rings. The number of aliphatic carboxylic acids is 1. The predicted octanol–water partition coefficient (Wildman–Crippen LogP) is 0.255. The Bertz CT molecular complexity index is 132. The number of hydrogen-bond donors (Lipinski definition) is 1. The van der Waals surface area contributed by atoms with Crippen LogP contribution in [0.15, 0.2) is 0 Å². The molecule has 0 saturated carbocycles. The Labute approximate surface area is 58.8 Å². The molecule has 0 amide bonds. The van der Waals surface area contributed by atoms with Crippen LogP contribution in [0, 0.1) is 0 Å². The summed E-state index contributed by atoms with van der Waals surface area (Å²) in [6.45, 7) is 4.06. The molecule has 1 N–H and O–H groups in total. The lowest BCUT2D eigenvalue weighted by molar-refractivity contribution is -0.148. The molecular weight excluding hydrogens is 136 g/mol. The fraction of sp³-hybridized carbons (Fsp3) is 0.500. The van der Waals surface area contributed by atoms with E-state index < -0.39 is 11.8 Å². The van der Waals surface area contributed by atoms with E-state index in [1.807, 2.05) is 0 Å². The maximum absolute atomic E-state index is 9.54. The number of carboxylic acid groups (broad SMARTS) is 1. The van der Waals surface area contributed by atoms with Crippen LogP contribution in [0.5, 0.6) is 0 Å². The summed E-state index contributed by atoms with van der Waals surface area (Å²) >= 11 is 0. The Kier molecular flexibility index (Phi) is 6.88. The Morgan fingerprint density at radius 2 is 1.10 bits per heavy atom. The van der Waals surface area contributed by atoms with E-state index in [4.69, 9.17) is 5.11 Å². The standard InChI is InChI=1S/C3H4O3.C3H6O/c1-2(4)3(5)6;1-3(2)4/h1H3,(H,5,6);1-2H3. The summed E-state index contributed by atoms with van der Waals surface area (Å²) in [6.07, 6.45) is 0. The van der Waals surface area contributed by atoms with Crippen LogP contribution in [0.2, 0.25) is 0 Å². The van der Waals surface area contributed by atoms with Gasteiger partial charge >= 0.3 is 5.97 Å². The molecule has 0 heterocycles. The van der Waals surface area contributed by atoms with E-state index in [1.54, 1.807) is 0 Å². The highest BCUT2D eigenvalue weighted by Gasteiger charge is 1.98. The number of carbonyl (C=O) groups excluding carboxylic acids is 2. The van der Waals surface area contributed by atoms with Crippen molar-refractivity contribution in [2.45, 2.75) is 20.8 Å². The van der Waals surface area contributed by atoms with Crippen molar-refractivity contribution in [3.8, 4) is 0 Å². The molecular formula is C6H10O4. The van der Waals surface area contributed by atoms with E-state index >= 15 is 0 Å². The molecule has 0 bridgehead atoms. The van der Waals surface area contributed by atoms with Gasteiger partial charge in [-0.1, -0.05) is 0 Å². The third-order valence-electron chi connectivity index (χ3n) is 0.301. The quantitative estimate of drug-likeness (QED) is 0.538. The SMILES string of the molecule is CC(=O)C(=O)O.CC(C)=O. The molecule has 0 aromatic rings. The minimum absolute atomic E-state index is 0.167. The van der Waals surface area contributed by atoms with Crippen molar-refractivity contribution in [2.24, 2.45) is 0 Å². The molecule has 4 nitrogen and oxygen atoms in total. The second kappa shape index (κ2) is 5.94. The van der Waals surface area contributed by atoms with Crippen molar-refractivity contribution in [1.29, 1.82) is 0 Å². The van der Waals surface area contributed by atoms with E-state index in [2.05, 4.69) is 0 Å². The average molecular weight is 146 g/mol. The molecule has 0 aliphatic carbocycles. The molecule has 0 saturated heterocycles. The van der Waals surface area contributed by atoms with Gasteiger partial charge in [0.15, 0.2) is 0 Å². The Morgan fingerprint density at radius 3 is 1.10 bits per heavy atom. The van der Waals surface area contributed by atoms with E-state index in [0.717, 1.165) is 6.92 Å². The van der Waals surface area contributed by atoms with Crippen LogP contribution in [0.25, 0.3) is 0 Å². The molecule has 0 atom stereocenters. The highest BCUT2D eigenvalue weighted by molar-refractivity contribution is 6.31. The van der Waals surface area contributed by atoms with Gasteiger partial charge in [0.2, 0.25) is 5.78 Å². The maximum Gasteiger partial charge on any atom is 0.371 e. The first-order valence-electron chi connectivity index (χ1n) is 2.59. The molecule has 58 valence electrons. The largest absolute Gasteiger partial charge is 0.476 e. The molecule has 4 heteroatoms. The summed E-state index contributed by atoms with van der Waals surface area (Å²) in [4.78, 5) is 28.3. The summed E-state index contributed by atoms with van der Waals surface area (Å²) in [5.74, 6) is -2.04. The lowest BCUT2D eigenvalue weighted by atomic mass is 10.5. The molecule has 0 aromatic carbocycles. The molecule has 0 unspecified atom stereocenters. The first-order valence-corrected chi connectivity index (χ1v) is 2.59. The number of hydrogen-bond acceptors (Lipinski definition) is 3. The highest BCUT2D eigenvalue weighted by Crippen LogP contribution is 1.61. The van der Waals surface area contributed by atoms with Crippen molar-refractivity contribution in [1.82, 2.24) is 0 Å². The van der Waals surface area contributed by atoms with Crippen molar-refractivity contribution >= 4 is 17.5 Å². The molecule has 0 radical (unpaired) electrons. The van der Waals surface area contributed by atoms with Crippen molar-refractivity contribution in [3.63, 3.8) is 0 Å². The lowest BCUT2D eigenvalue weighted by Gasteiger charge is -1.73. The fourth-order valence-corrected chi connectivity index (χ4v) is 0. The normalized spacial score (nSPS) is 7.10. The van der Waals surface area contributed by atoms with Gasteiger partial charge in [0.05, 0.1) is 0 Å². The second-order valence-corrected chi connectivity index (χ2v) is 1.77. The lowest BCUT2D eigenvalue weighted by Crippen LogP contribution is -2.05. The van der Waals surface area contributed by atoms with Gasteiger partial charge in [-0.3, -0.25) is 4.79 Å². The molecule has 10 heavy (non-hydrogen) atoms. The van der Waals surface area contributed by atoms with Gasteiger partial charge in [-0.25, -0.2) is 4.79 Å².